The van der Waals surface area contributed by atoms with Crippen LogP contribution < -0.4 is 0 Å². The van der Waals surface area contributed by atoms with Gasteiger partial charge in [-0.1, -0.05) is 32.1 Å². The number of pyridine rings is 1. The highest BCUT2D eigenvalue weighted by Gasteiger charge is 2.46. The number of ether oxygens (including phenoxy) is 2. The number of likely N-dealkylation sites (tertiary alicyclic amines) is 1. The molecule has 1 amide bonds. The average molecular weight is 484 g/mol. The van der Waals surface area contributed by atoms with E-state index in [1.165, 1.54) is 19.3 Å². The van der Waals surface area contributed by atoms with Gasteiger partial charge in [-0.05, 0) is 64.2 Å². The first-order chi connectivity index (χ1) is 16.7. The van der Waals surface area contributed by atoms with E-state index in [4.69, 9.17) is 9.47 Å². The normalized spacial score (nSPS) is 21.3. The van der Waals surface area contributed by atoms with E-state index in [-0.39, 0.29) is 18.1 Å². The van der Waals surface area contributed by atoms with Gasteiger partial charge in [0, 0.05) is 12.2 Å². The van der Waals surface area contributed by atoms with E-state index < -0.39 is 23.7 Å². The number of hydrogen-bond donors (Lipinski definition) is 1. The maximum absolute atomic E-state index is 13.7. The highest BCUT2D eigenvalue weighted by Crippen LogP contribution is 2.40. The van der Waals surface area contributed by atoms with Gasteiger partial charge < -0.3 is 14.5 Å². The van der Waals surface area contributed by atoms with Crippen LogP contribution in [0.15, 0.2) is 18.2 Å². The minimum atomic E-state index is -0.620. The molecule has 2 fully saturated rings. The van der Waals surface area contributed by atoms with Gasteiger partial charge in [-0.3, -0.25) is 14.7 Å². The summed E-state index contributed by atoms with van der Waals surface area (Å²) >= 11 is 0. The van der Waals surface area contributed by atoms with Crippen LogP contribution in [0.25, 0.3) is 11.0 Å². The zero-order valence-corrected chi connectivity index (χ0v) is 21.3. The molecular weight excluding hydrogens is 446 g/mol. The first kappa shape index (κ1) is 25.2. The van der Waals surface area contributed by atoms with E-state index in [9.17, 15) is 14.4 Å². The Kier molecular flexibility index (Phi) is 7.47. The summed E-state index contributed by atoms with van der Waals surface area (Å²) in [5.41, 5.74) is 1.65. The molecule has 8 nitrogen and oxygen atoms in total. The van der Waals surface area contributed by atoms with Gasteiger partial charge in [0.1, 0.15) is 11.3 Å². The summed E-state index contributed by atoms with van der Waals surface area (Å²) in [5, 5.41) is 0. The molecule has 0 radical (unpaired) electrons. The average Bonchev–Trinajstić information content (AvgIpc) is 3.43. The lowest BCUT2D eigenvalue weighted by atomic mass is 9.75. The maximum Gasteiger partial charge on any atom is 0.410 e. The molecule has 2 atom stereocenters. The smallest absolute Gasteiger partial charge is 0.410 e. The second-order valence-corrected chi connectivity index (χ2v) is 10.8. The first-order valence-corrected chi connectivity index (χ1v) is 12.8. The molecule has 1 aliphatic heterocycles. The fourth-order valence-corrected chi connectivity index (χ4v) is 5.56. The molecule has 1 saturated carbocycles. The number of aromatic nitrogens is 2. The summed E-state index contributed by atoms with van der Waals surface area (Å²) in [6.07, 6.45) is 6.37. The van der Waals surface area contributed by atoms with Gasteiger partial charge in [-0.25, -0.2) is 9.59 Å². The molecule has 1 saturated heterocycles. The Balaban J connectivity index is 1.55. The fourth-order valence-electron chi connectivity index (χ4n) is 5.56. The summed E-state index contributed by atoms with van der Waals surface area (Å²) in [6, 6.07) is 4.78. The largest absolute Gasteiger partial charge is 0.461 e. The van der Waals surface area contributed by atoms with Crippen molar-refractivity contribution in [3.8, 4) is 0 Å². The maximum atomic E-state index is 13.7. The van der Waals surface area contributed by atoms with Gasteiger partial charge in [0.15, 0.2) is 5.78 Å². The minimum absolute atomic E-state index is 0.00284. The molecule has 2 aromatic heterocycles. The number of esters is 1. The third kappa shape index (κ3) is 5.85. The zero-order chi connectivity index (χ0) is 25.2. The van der Waals surface area contributed by atoms with Gasteiger partial charge in [0.25, 0.3) is 0 Å². The number of amides is 1. The number of nitrogens with one attached hydrogen (secondary N) is 1. The van der Waals surface area contributed by atoms with Crippen molar-refractivity contribution >= 4 is 28.9 Å². The van der Waals surface area contributed by atoms with E-state index in [0.29, 0.717) is 41.5 Å². The van der Waals surface area contributed by atoms with Crippen molar-refractivity contribution in [2.75, 3.05) is 13.2 Å². The number of hydrogen-bond acceptors (Lipinski definition) is 6. The van der Waals surface area contributed by atoms with E-state index in [2.05, 4.69) is 9.97 Å². The molecule has 1 N–H and O–H groups in total. The van der Waals surface area contributed by atoms with Crippen molar-refractivity contribution in [3.05, 3.63) is 29.6 Å². The van der Waals surface area contributed by atoms with Gasteiger partial charge in [-0.15, -0.1) is 0 Å². The third-order valence-electron chi connectivity index (χ3n) is 7.04. The molecule has 1 aliphatic carbocycles. The van der Waals surface area contributed by atoms with Crippen molar-refractivity contribution in [3.63, 3.8) is 0 Å². The summed E-state index contributed by atoms with van der Waals surface area (Å²) in [4.78, 5) is 48.1. The number of rotatable bonds is 6. The lowest BCUT2D eigenvalue weighted by Gasteiger charge is -2.34. The van der Waals surface area contributed by atoms with E-state index in [0.717, 1.165) is 19.3 Å². The monoisotopic (exact) mass is 483 g/mol. The van der Waals surface area contributed by atoms with Crippen LogP contribution in [0.2, 0.25) is 0 Å². The molecule has 0 spiro atoms. The Labute approximate surface area is 206 Å². The standard InChI is InChI=1S/C27H37N3O5/c1-5-34-25(32)22-16-21-20(29-22)12-11-18(28-21)15-23(31)24-19(17-9-7-6-8-10-17)13-14-30(24)26(33)35-27(2,3)4/h11-12,16-17,19,24,29H,5-10,13-15H2,1-4H3/t19-,24-/m0/s1. The lowest BCUT2D eigenvalue weighted by Crippen LogP contribution is -2.47. The lowest BCUT2D eigenvalue weighted by molar-refractivity contribution is -0.124. The Hall–Kier alpha value is -2.90. The van der Waals surface area contributed by atoms with Crippen molar-refractivity contribution < 1.29 is 23.9 Å². The SMILES string of the molecule is CCOC(=O)c1cc2nc(CC(=O)[C@@H]3[C@H](C4CCCCC4)CCN3C(=O)OC(C)(C)C)ccc2[nH]1. The molecule has 2 aliphatic rings. The second-order valence-electron chi connectivity index (χ2n) is 10.8. The predicted octanol–water partition coefficient (Wildman–Crippen LogP) is 5.06. The predicted molar refractivity (Wildman–Crippen MR) is 132 cm³/mol. The molecule has 3 heterocycles. The third-order valence-corrected chi connectivity index (χ3v) is 7.04. The minimum Gasteiger partial charge on any atom is -0.461 e. The zero-order valence-electron chi connectivity index (χ0n) is 21.3. The first-order valence-electron chi connectivity index (χ1n) is 12.8. The Morgan fingerprint density at radius 1 is 1.11 bits per heavy atom. The van der Waals surface area contributed by atoms with Crippen molar-refractivity contribution in [2.24, 2.45) is 11.8 Å². The molecule has 0 unspecified atom stereocenters. The molecule has 0 bridgehead atoms. The van der Waals surface area contributed by atoms with E-state index >= 15 is 0 Å². The molecular formula is C27H37N3O5. The van der Waals surface area contributed by atoms with Crippen LogP contribution >= 0.6 is 0 Å². The van der Waals surface area contributed by atoms with Crippen LogP contribution in [0.5, 0.6) is 0 Å². The molecule has 4 rings (SSSR count). The van der Waals surface area contributed by atoms with Crippen LogP contribution in [0, 0.1) is 11.8 Å². The quantitative estimate of drug-likeness (QED) is 0.577. The Morgan fingerprint density at radius 2 is 1.86 bits per heavy atom. The highest BCUT2D eigenvalue weighted by molar-refractivity contribution is 5.94. The number of nitrogens with zero attached hydrogens (tertiary/aromatic N) is 2. The number of ketones is 1. The van der Waals surface area contributed by atoms with Crippen molar-refractivity contribution in [1.29, 1.82) is 0 Å². The Bertz CT molecular complexity index is 1080. The van der Waals surface area contributed by atoms with Crippen LogP contribution in [0.3, 0.4) is 0 Å². The van der Waals surface area contributed by atoms with Gasteiger partial charge in [-0.2, -0.15) is 0 Å². The van der Waals surface area contributed by atoms with E-state index in [1.54, 1.807) is 24.0 Å². The number of Topliss-reactive ketones (excluding diaryl/α,β-unsaturated/α-hetero) is 1. The van der Waals surface area contributed by atoms with Crippen LogP contribution in [0.4, 0.5) is 4.79 Å². The van der Waals surface area contributed by atoms with Crippen molar-refractivity contribution in [1.82, 2.24) is 14.9 Å². The molecule has 0 aromatic carbocycles. The summed E-state index contributed by atoms with van der Waals surface area (Å²) in [7, 11) is 0. The number of carbonyl (C=O) groups is 3. The van der Waals surface area contributed by atoms with Crippen LogP contribution in [0.1, 0.15) is 82.4 Å². The molecule has 2 aromatic rings. The Morgan fingerprint density at radius 3 is 2.54 bits per heavy atom. The van der Waals surface area contributed by atoms with Crippen molar-refractivity contribution in [2.45, 2.75) is 84.3 Å². The number of carbonyl (C=O) groups excluding carboxylic acids is 3. The molecule has 35 heavy (non-hydrogen) atoms. The van der Waals surface area contributed by atoms with Crippen LogP contribution in [-0.2, 0) is 20.7 Å². The highest BCUT2D eigenvalue weighted by atomic mass is 16.6. The number of aromatic amines is 1. The summed E-state index contributed by atoms with van der Waals surface area (Å²) in [5.74, 6) is 0.174. The van der Waals surface area contributed by atoms with Gasteiger partial charge >= 0.3 is 12.1 Å². The number of fused-ring (bicyclic) bond motifs is 1. The van der Waals surface area contributed by atoms with E-state index in [1.807, 2.05) is 26.8 Å². The van der Waals surface area contributed by atoms with Crippen LogP contribution in [-0.4, -0.2) is 57.5 Å². The topological polar surface area (TPSA) is 102 Å². The van der Waals surface area contributed by atoms with Gasteiger partial charge in [0.05, 0.1) is 30.1 Å². The summed E-state index contributed by atoms with van der Waals surface area (Å²) < 4.78 is 10.7. The fraction of sp³-hybridized carbons (Fsp3) is 0.630. The summed E-state index contributed by atoms with van der Waals surface area (Å²) in [6.45, 7) is 8.12. The number of H-pyrrole nitrogens is 1. The molecule has 8 heteroatoms. The molecule has 190 valence electrons. The second kappa shape index (κ2) is 10.4. The van der Waals surface area contributed by atoms with Gasteiger partial charge in [0.2, 0.25) is 0 Å².